The zero-order chi connectivity index (χ0) is 24.0. The lowest BCUT2D eigenvalue weighted by atomic mass is 10.1. The van der Waals surface area contributed by atoms with Gasteiger partial charge in [-0.1, -0.05) is 53.5 Å². The van der Waals surface area contributed by atoms with Crippen LogP contribution < -0.4 is 14.2 Å². The molecule has 3 aromatic carbocycles. The number of anilines is 1. The molecule has 0 fully saturated rings. The van der Waals surface area contributed by atoms with E-state index in [4.69, 9.17) is 32.1 Å². The number of hydrogen-bond donors (Lipinski definition) is 1. The van der Waals surface area contributed by atoms with Gasteiger partial charge >= 0.3 is 10.1 Å². The van der Waals surface area contributed by atoms with E-state index in [0.29, 0.717) is 5.02 Å². The van der Waals surface area contributed by atoms with Gasteiger partial charge in [-0.3, -0.25) is 4.79 Å². The largest absolute Gasteiger partial charge is 0.493 e. The van der Waals surface area contributed by atoms with Crippen LogP contribution in [-0.4, -0.2) is 21.4 Å². The van der Waals surface area contributed by atoms with E-state index in [1.54, 1.807) is 36.4 Å². The maximum absolute atomic E-state index is 12.8. The molecule has 0 saturated carbocycles. The second-order valence-corrected chi connectivity index (χ2v) is 8.87. The maximum atomic E-state index is 12.8. The summed E-state index contributed by atoms with van der Waals surface area (Å²) in [6.45, 7) is 0. The fourth-order valence-electron chi connectivity index (χ4n) is 2.73. The van der Waals surface area contributed by atoms with Gasteiger partial charge in [-0.05, 0) is 42.5 Å². The summed E-state index contributed by atoms with van der Waals surface area (Å²) in [5, 5.41) is 12.6. The number of carbonyl (C=O) groups excluding carboxylic acids is 1. The minimum atomic E-state index is -4.21. The van der Waals surface area contributed by atoms with Gasteiger partial charge in [0.15, 0.2) is 11.5 Å². The van der Waals surface area contributed by atoms with Gasteiger partial charge in [0.05, 0.1) is 17.8 Å². The molecule has 0 atom stereocenters. The van der Waals surface area contributed by atoms with Crippen LogP contribution in [0.5, 0.6) is 11.5 Å². The summed E-state index contributed by atoms with van der Waals surface area (Å²) in [5.41, 5.74) is 0.0167. The van der Waals surface area contributed by atoms with E-state index < -0.39 is 16.0 Å². The first kappa shape index (κ1) is 24.1. The molecule has 0 bridgehead atoms. The lowest BCUT2D eigenvalue weighted by molar-refractivity contribution is -0.112. The number of rotatable bonds is 7. The van der Waals surface area contributed by atoms with Crippen molar-refractivity contribution in [1.82, 2.24) is 0 Å². The number of para-hydroxylation sites is 1. The lowest BCUT2D eigenvalue weighted by Crippen LogP contribution is -2.14. The van der Waals surface area contributed by atoms with Crippen LogP contribution in [0.4, 0.5) is 5.69 Å². The molecular formula is C23H16Cl2N2O5S. The summed E-state index contributed by atoms with van der Waals surface area (Å²) in [7, 11) is -2.88. The van der Waals surface area contributed by atoms with Crippen LogP contribution in [0.15, 0.2) is 77.2 Å². The SMILES string of the molecule is COc1cccc(/C=C(\C#N)C(=O)Nc2cc(Cl)ccc2Cl)c1OS(=O)(=O)c1ccccc1. The van der Waals surface area contributed by atoms with Gasteiger partial charge < -0.3 is 14.2 Å². The molecule has 33 heavy (non-hydrogen) atoms. The third kappa shape index (κ3) is 5.84. The van der Waals surface area contributed by atoms with E-state index in [1.807, 2.05) is 0 Å². The first-order valence-electron chi connectivity index (χ1n) is 9.30. The highest BCUT2D eigenvalue weighted by atomic mass is 35.5. The van der Waals surface area contributed by atoms with E-state index in [-0.39, 0.29) is 38.2 Å². The van der Waals surface area contributed by atoms with Crippen LogP contribution in [0, 0.1) is 11.3 Å². The average molecular weight is 503 g/mol. The predicted octanol–water partition coefficient (Wildman–Crippen LogP) is 5.32. The number of nitrogens with one attached hydrogen (secondary N) is 1. The molecule has 3 rings (SSSR count). The van der Waals surface area contributed by atoms with Crippen molar-refractivity contribution in [2.45, 2.75) is 4.90 Å². The topological polar surface area (TPSA) is 105 Å². The summed E-state index contributed by atoms with van der Waals surface area (Å²) in [6.07, 6.45) is 1.19. The van der Waals surface area contributed by atoms with Crippen molar-refractivity contribution in [3.63, 3.8) is 0 Å². The summed E-state index contributed by atoms with van der Waals surface area (Å²) >= 11 is 12.0. The molecule has 0 aromatic heterocycles. The molecule has 1 amide bonds. The predicted molar refractivity (Wildman–Crippen MR) is 126 cm³/mol. The number of hydrogen-bond acceptors (Lipinski definition) is 6. The Morgan fingerprint density at radius 3 is 2.45 bits per heavy atom. The molecule has 0 aliphatic carbocycles. The number of nitriles is 1. The van der Waals surface area contributed by atoms with Crippen molar-refractivity contribution >= 4 is 51.0 Å². The first-order valence-corrected chi connectivity index (χ1v) is 11.5. The quantitative estimate of drug-likeness (QED) is 0.266. The van der Waals surface area contributed by atoms with E-state index in [1.165, 1.54) is 49.6 Å². The molecule has 0 radical (unpaired) electrons. The van der Waals surface area contributed by atoms with Gasteiger partial charge in [0.2, 0.25) is 0 Å². The van der Waals surface area contributed by atoms with Crippen LogP contribution >= 0.6 is 23.2 Å². The Hall–Kier alpha value is -3.51. The maximum Gasteiger partial charge on any atom is 0.339 e. The van der Waals surface area contributed by atoms with E-state index in [0.717, 1.165) is 0 Å². The second-order valence-electron chi connectivity index (χ2n) is 6.48. The molecule has 0 heterocycles. The minimum Gasteiger partial charge on any atom is -0.493 e. The minimum absolute atomic E-state index is 0.0697. The van der Waals surface area contributed by atoms with Crippen molar-refractivity contribution < 1.29 is 22.1 Å². The number of halogens is 2. The van der Waals surface area contributed by atoms with Crippen LogP contribution in [0.25, 0.3) is 6.08 Å². The Labute approximate surface area is 200 Å². The van der Waals surface area contributed by atoms with E-state index in [9.17, 15) is 18.5 Å². The Morgan fingerprint density at radius 1 is 1.06 bits per heavy atom. The standard InChI is InChI=1S/C23H16Cl2N2O5S/c1-31-21-9-5-6-15(22(21)32-33(29,30)18-7-3-2-4-8-18)12-16(14-26)23(28)27-20-13-17(24)10-11-19(20)25/h2-13H,1H3,(H,27,28)/b16-12+. The Bertz CT molecular complexity index is 1370. The summed E-state index contributed by atoms with van der Waals surface area (Å²) in [6, 6.07) is 18.3. The number of amides is 1. The highest BCUT2D eigenvalue weighted by molar-refractivity contribution is 7.87. The number of benzene rings is 3. The zero-order valence-corrected chi connectivity index (χ0v) is 19.4. The summed E-state index contributed by atoms with van der Waals surface area (Å²) < 4.78 is 36.1. The van der Waals surface area contributed by atoms with Crippen LogP contribution in [0.2, 0.25) is 10.0 Å². The Kier molecular flexibility index (Phi) is 7.61. The smallest absolute Gasteiger partial charge is 0.339 e. The number of ether oxygens (including phenoxy) is 1. The van der Waals surface area contributed by atoms with Crippen molar-refractivity contribution in [1.29, 1.82) is 5.26 Å². The van der Waals surface area contributed by atoms with Crippen molar-refractivity contribution in [2.24, 2.45) is 0 Å². The third-order valence-electron chi connectivity index (χ3n) is 4.30. The molecule has 0 spiro atoms. The summed E-state index contributed by atoms with van der Waals surface area (Å²) in [5.74, 6) is -0.856. The lowest BCUT2D eigenvalue weighted by Gasteiger charge is -2.13. The van der Waals surface area contributed by atoms with Gasteiger partial charge in [0.25, 0.3) is 5.91 Å². The summed E-state index contributed by atoms with van der Waals surface area (Å²) in [4.78, 5) is 12.6. The Balaban J connectivity index is 2.00. The molecule has 1 N–H and O–H groups in total. The normalized spacial score (nSPS) is 11.4. The molecule has 0 aliphatic heterocycles. The average Bonchev–Trinajstić information content (AvgIpc) is 2.81. The third-order valence-corrected chi connectivity index (χ3v) is 6.10. The fourth-order valence-corrected chi connectivity index (χ4v) is 4.05. The molecule has 0 saturated heterocycles. The van der Waals surface area contributed by atoms with Crippen molar-refractivity contribution in [3.8, 4) is 17.6 Å². The molecular weight excluding hydrogens is 487 g/mol. The number of carbonyl (C=O) groups is 1. The molecule has 7 nitrogen and oxygen atoms in total. The van der Waals surface area contributed by atoms with Crippen molar-refractivity contribution in [2.75, 3.05) is 12.4 Å². The molecule has 10 heteroatoms. The fraction of sp³-hybridized carbons (Fsp3) is 0.0435. The Morgan fingerprint density at radius 2 is 1.79 bits per heavy atom. The van der Waals surface area contributed by atoms with Crippen LogP contribution in [-0.2, 0) is 14.9 Å². The molecule has 168 valence electrons. The van der Waals surface area contributed by atoms with E-state index >= 15 is 0 Å². The number of methoxy groups -OCH3 is 1. The van der Waals surface area contributed by atoms with E-state index in [2.05, 4.69) is 5.32 Å². The highest BCUT2D eigenvalue weighted by Gasteiger charge is 2.22. The molecule has 3 aromatic rings. The van der Waals surface area contributed by atoms with Crippen LogP contribution in [0.3, 0.4) is 0 Å². The van der Waals surface area contributed by atoms with Gasteiger partial charge in [-0.15, -0.1) is 0 Å². The first-order chi connectivity index (χ1) is 15.7. The van der Waals surface area contributed by atoms with Crippen molar-refractivity contribution in [3.05, 3.63) is 87.9 Å². The van der Waals surface area contributed by atoms with Crippen LogP contribution in [0.1, 0.15) is 5.56 Å². The number of nitrogens with zero attached hydrogens (tertiary/aromatic N) is 1. The highest BCUT2D eigenvalue weighted by Crippen LogP contribution is 2.35. The molecule has 0 aliphatic rings. The van der Waals surface area contributed by atoms with Gasteiger partial charge in [0, 0.05) is 10.6 Å². The van der Waals surface area contributed by atoms with Gasteiger partial charge in [-0.25, -0.2) is 0 Å². The molecule has 0 unspecified atom stereocenters. The van der Waals surface area contributed by atoms with Gasteiger partial charge in [-0.2, -0.15) is 13.7 Å². The zero-order valence-electron chi connectivity index (χ0n) is 17.1. The van der Waals surface area contributed by atoms with Gasteiger partial charge in [0.1, 0.15) is 16.5 Å². The second kappa shape index (κ2) is 10.4. The monoisotopic (exact) mass is 502 g/mol.